The van der Waals surface area contributed by atoms with Crippen molar-refractivity contribution in [3.63, 3.8) is 0 Å². The number of hydrogen-bond acceptors (Lipinski definition) is 10. The first kappa shape index (κ1) is 29.5. The van der Waals surface area contributed by atoms with E-state index in [1.165, 1.54) is 4.90 Å². The number of carbonyl (C=O) groups is 8. The summed E-state index contributed by atoms with van der Waals surface area (Å²) in [4.78, 5) is 106. The molecule has 2 N–H and O–H groups in total. The van der Waals surface area contributed by atoms with E-state index in [2.05, 4.69) is 10.6 Å². The summed E-state index contributed by atoms with van der Waals surface area (Å²) in [5, 5.41) is 6.44. The number of hydroxylamine groups is 4. The SMILES string of the molecule is CC1NC(=O)NC1CCCCCC(=O)N(CCC(=O)ON1C(=O)CCC1=O)CCC(=O)ON1C(=O)CCC1=O. The smallest absolute Gasteiger partial charge is 0.334 e. The Morgan fingerprint density at radius 1 is 0.744 bits per heavy atom. The fraction of sp³-hybridized carbons (Fsp3) is 0.667. The lowest BCUT2D eigenvalue weighted by Crippen LogP contribution is -2.38. The molecule has 3 rings (SSSR count). The maximum Gasteiger partial charge on any atom is 0.334 e. The fourth-order valence-corrected chi connectivity index (χ4v) is 4.36. The molecule has 0 saturated carbocycles. The molecule has 39 heavy (non-hydrogen) atoms. The van der Waals surface area contributed by atoms with Gasteiger partial charge in [0, 0.05) is 51.2 Å². The molecular weight excluding hydrogens is 518 g/mol. The van der Waals surface area contributed by atoms with Crippen molar-refractivity contribution in [3.8, 4) is 0 Å². The number of amides is 7. The van der Waals surface area contributed by atoms with E-state index in [0.29, 0.717) is 23.0 Å². The molecule has 2 atom stereocenters. The van der Waals surface area contributed by atoms with Gasteiger partial charge in [-0.3, -0.25) is 24.0 Å². The summed E-state index contributed by atoms with van der Waals surface area (Å²) < 4.78 is 0. The lowest BCUT2D eigenvalue weighted by molar-refractivity contribution is -0.198. The Kier molecular flexibility index (Phi) is 10.3. The Morgan fingerprint density at radius 2 is 1.23 bits per heavy atom. The molecule has 3 fully saturated rings. The minimum absolute atomic E-state index is 0.0189. The van der Waals surface area contributed by atoms with Gasteiger partial charge in [0.1, 0.15) is 0 Å². The van der Waals surface area contributed by atoms with Crippen LogP contribution >= 0.6 is 0 Å². The van der Waals surface area contributed by atoms with E-state index in [4.69, 9.17) is 9.68 Å². The monoisotopic (exact) mass is 551 g/mol. The molecule has 0 aromatic rings. The van der Waals surface area contributed by atoms with Crippen molar-refractivity contribution in [2.45, 2.75) is 89.6 Å². The molecule has 3 heterocycles. The number of hydrogen-bond donors (Lipinski definition) is 2. The van der Waals surface area contributed by atoms with Crippen molar-refractivity contribution in [2.75, 3.05) is 13.1 Å². The highest BCUT2D eigenvalue weighted by Crippen LogP contribution is 2.16. The first-order valence-corrected chi connectivity index (χ1v) is 13.0. The molecule has 7 amide bonds. The molecule has 3 aliphatic rings. The van der Waals surface area contributed by atoms with Crippen LogP contribution in [0.2, 0.25) is 0 Å². The third-order valence-corrected chi connectivity index (χ3v) is 6.61. The van der Waals surface area contributed by atoms with Gasteiger partial charge in [0.2, 0.25) is 5.91 Å². The summed E-state index contributed by atoms with van der Waals surface area (Å²) in [7, 11) is 0. The van der Waals surface area contributed by atoms with Crippen molar-refractivity contribution in [1.29, 1.82) is 0 Å². The topological polar surface area (TPSA) is 189 Å². The van der Waals surface area contributed by atoms with E-state index in [9.17, 15) is 38.4 Å². The number of nitrogens with zero attached hydrogens (tertiary/aromatic N) is 3. The third kappa shape index (κ3) is 8.48. The van der Waals surface area contributed by atoms with Gasteiger partial charge < -0.3 is 25.2 Å². The van der Waals surface area contributed by atoms with E-state index < -0.39 is 35.6 Å². The summed E-state index contributed by atoms with van der Waals surface area (Å²) in [6.07, 6.45) is 2.00. The van der Waals surface area contributed by atoms with Crippen LogP contribution in [0.25, 0.3) is 0 Å². The molecule has 0 aromatic heterocycles. The van der Waals surface area contributed by atoms with Crippen molar-refractivity contribution in [3.05, 3.63) is 0 Å². The van der Waals surface area contributed by atoms with E-state index in [1.54, 1.807) is 0 Å². The quantitative estimate of drug-likeness (QED) is 0.217. The summed E-state index contributed by atoms with van der Waals surface area (Å²) >= 11 is 0. The molecule has 0 aliphatic carbocycles. The Hall–Kier alpha value is -4.04. The van der Waals surface area contributed by atoms with Gasteiger partial charge in [-0.25, -0.2) is 14.4 Å². The molecule has 0 spiro atoms. The predicted molar refractivity (Wildman–Crippen MR) is 128 cm³/mol. The normalized spacial score (nSPS) is 20.8. The highest BCUT2D eigenvalue weighted by Gasteiger charge is 2.34. The number of carbonyl (C=O) groups excluding carboxylic acids is 8. The molecule has 0 bridgehead atoms. The van der Waals surface area contributed by atoms with Gasteiger partial charge in [-0.05, 0) is 19.8 Å². The molecule has 3 saturated heterocycles. The second-order valence-electron chi connectivity index (χ2n) is 9.58. The number of rotatable bonds is 14. The first-order chi connectivity index (χ1) is 18.5. The largest absolute Gasteiger partial charge is 0.342 e. The number of imide groups is 2. The summed E-state index contributed by atoms with van der Waals surface area (Å²) in [5.74, 6) is -4.65. The minimum Gasteiger partial charge on any atom is -0.342 e. The Balaban J connectivity index is 1.47. The van der Waals surface area contributed by atoms with Crippen LogP contribution < -0.4 is 10.6 Å². The standard InChI is InChI=1S/C24H33N5O10/c1-15-16(26-24(37)25-15)5-3-2-4-6-17(30)27(13-11-22(35)38-28-18(31)7-8-19(28)32)14-12-23(36)39-29-20(33)9-10-21(29)34/h15-16H,2-14H2,1H3,(H2,25,26,37). The Morgan fingerprint density at radius 3 is 1.67 bits per heavy atom. The number of urea groups is 1. The maximum atomic E-state index is 12.9. The van der Waals surface area contributed by atoms with Crippen molar-refractivity contribution >= 4 is 47.5 Å². The average molecular weight is 552 g/mol. The Bertz CT molecular complexity index is 945. The second-order valence-corrected chi connectivity index (χ2v) is 9.58. The zero-order chi connectivity index (χ0) is 28.5. The summed E-state index contributed by atoms with van der Waals surface area (Å²) in [6, 6.07) is -0.163. The highest BCUT2D eigenvalue weighted by molar-refractivity contribution is 6.02. The van der Waals surface area contributed by atoms with Crippen molar-refractivity contribution in [2.24, 2.45) is 0 Å². The van der Waals surface area contributed by atoms with Gasteiger partial charge in [0.05, 0.1) is 18.9 Å². The zero-order valence-electron chi connectivity index (χ0n) is 21.8. The van der Waals surface area contributed by atoms with Crippen LogP contribution in [0, 0.1) is 0 Å². The summed E-state index contributed by atoms with van der Waals surface area (Å²) in [5.41, 5.74) is 0. The Labute approximate surface area is 224 Å². The van der Waals surface area contributed by atoms with E-state index in [1.807, 2.05) is 6.92 Å². The number of unbranched alkanes of at least 4 members (excludes halogenated alkanes) is 2. The first-order valence-electron chi connectivity index (χ1n) is 13.0. The fourth-order valence-electron chi connectivity index (χ4n) is 4.36. The highest BCUT2D eigenvalue weighted by atomic mass is 16.7. The molecule has 0 radical (unpaired) electrons. The van der Waals surface area contributed by atoms with Gasteiger partial charge in [-0.15, -0.1) is 10.1 Å². The summed E-state index contributed by atoms with van der Waals surface area (Å²) in [6.45, 7) is 1.60. The van der Waals surface area contributed by atoms with Crippen LogP contribution in [-0.2, 0) is 43.2 Å². The molecule has 15 heteroatoms. The minimum atomic E-state index is -0.895. The molecule has 15 nitrogen and oxygen atoms in total. The lowest BCUT2D eigenvalue weighted by atomic mass is 10.0. The predicted octanol–water partition coefficient (Wildman–Crippen LogP) is -0.170. The molecule has 3 aliphatic heterocycles. The number of nitrogens with one attached hydrogen (secondary N) is 2. The van der Waals surface area contributed by atoms with E-state index >= 15 is 0 Å². The third-order valence-electron chi connectivity index (χ3n) is 6.61. The van der Waals surface area contributed by atoms with Crippen LogP contribution in [0.1, 0.15) is 77.6 Å². The van der Waals surface area contributed by atoms with Crippen LogP contribution in [0.5, 0.6) is 0 Å². The van der Waals surface area contributed by atoms with Gasteiger partial charge >= 0.3 is 18.0 Å². The van der Waals surface area contributed by atoms with Crippen LogP contribution in [-0.4, -0.2) is 87.7 Å². The van der Waals surface area contributed by atoms with Gasteiger partial charge in [0.25, 0.3) is 23.6 Å². The van der Waals surface area contributed by atoms with Crippen LogP contribution in [0.3, 0.4) is 0 Å². The zero-order valence-corrected chi connectivity index (χ0v) is 21.8. The van der Waals surface area contributed by atoms with Gasteiger partial charge in [-0.2, -0.15) is 0 Å². The van der Waals surface area contributed by atoms with Gasteiger partial charge in [-0.1, -0.05) is 12.8 Å². The van der Waals surface area contributed by atoms with Crippen LogP contribution in [0.4, 0.5) is 4.79 Å². The average Bonchev–Trinajstić information content (AvgIpc) is 3.50. The van der Waals surface area contributed by atoms with E-state index in [-0.39, 0.29) is 82.1 Å². The molecule has 2 unspecified atom stereocenters. The van der Waals surface area contributed by atoms with Crippen molar-refractivity contribution in [1.82, 2.24) is 25.7 Å². The van der Waals surface area contributed by atoms with Crippen molar-refractivity contribution < 1.29 is 48.0 Å². The molecule has 0 aromatic carbocycles. The van der Waals surface area contributed by atoms with E-state index in [0.717, 1.165) is 12.8 Å². The molecular formula is C24H33N5O10. The maximum absolute atomic E-state index is 12.9. The van der Waals surface area contributed by atoms with Crippen LogP contribution in [0.15, 0.2) is 0 Å². The van der Waals surface area contributed by atoms with Gasteiger partial charge in [0.15, 0.2) is 0 Å². The lowest BCUT2D eigenvalue weighted by Gasteiger charge is -2.23. The second kappa shape index (κ2) is 13.7. The molecule has 214 valence electrons.